The second-order valence-corrected chi connectivity index (χ2v) is 5.10. The van der Waals surface area contributed by atoms with E-state index in [2.05, 4.69) is 15.0 Å². The Kier molecular flexibility index (Phi) is 2.38. The molecule has 0 spiro atoms. The highest BCUT2D eigenvalue weighted by molar-refractivity contribution is 7.14. The lowest BCUT2D eigenvalue weighted by Crippen LogP contribution is -1.94. The third-order valence-electron chi connectivity index (χ3n) is 2.58. The molecule has 0 bridgehead atoms. The summed E-state index contributed by atoms with van der Waals surface area (Å²) in [5.74, 6) is -0.222. The van der Waals surface area contributed by atoms with E-state index in [1.54, 1.807) is 35.7 Å². The van der Waals surface area contributed by atoms with Crippen molar-refractivity contribution >= 4 is 28.3 Å². The van der Waals surface area contributed by atoms with Gasteiger partial charge in [-0.25, -0.2) is 14.8 Å². The number of benzene rings is 1. The van der Waals surface area contributed by atoms with Gasteiger partial charge in [-0.05, 0) is 25.1 Å². The number of aryl methyl sites for hydroxylation is 1. The number of thiazole rings is 1. The molecular weight excluding hydrogens is 250 g/mol. The van der Waals surface area contributed by atoms with Gasteiger partial charge in [-0.3, -0.25) is 0 Å². The molecule has 0 saturated heterocycles. The number of H-pyrrole nitrogens is 1. The van der Waals surface area contributed by atoms with Gasteiger partial charge in [-0.2, -0.15) is 0 Å². The lowest BCUT2D eigenvalue weighted by Gasteiger charge is -1.92. The first-order chi connectivity index (χ1) is 8.63. The molecule has 0 amide bonds. The molecule has 18 heavy (non-hydrogen) atoms. The van der Waals surface area contributed by atoms with E-state index in [4.69, 9.17) is 5.11 Å². The van der Waals surface area contributed by atoms with E-state index in [1.165, 1.54) is 0 Å². The molecule has 1 aromatic carbocycles. The zero-order chi connectivity index (χ0) is 12.7. The van der Waals surface area contributed by atoms with E-state index in [0.717, 1.165) is 26.7 Å². The van der Waals surface area contributed by atoms with Crippen LogP contribution < -0.4 is 0 Å². The average Bonchev–Trinajstić information content (AvgIpc) is 2.93. The van der Waals surface area contributed by atoms with E-state index in [-0.39, 0.29) is 5.56 Å². The maximum Gasteiger partial charge on any atom is 0.335 e. The van der Waals surface area contributed by atoms with Crippen LogP contribution in [0.5, 0.6) is 0 Å². The van der Waals surface area contributed by atoms with Crippen molar-refractivity contribution in [3.8, 4) is 10.7 Å². The Bertz CT molecular complexity index is 745. The molecule has 3 rings (SSSR count). The molecule has 0 saturated carbocycles. The lowest BCUT2D eigenvalue weighted by atomic mass is 10.2. The van der Waals surface area contributed by atoms with Crippen LogP contribution >= 0.6 is 11.3 Å². The van der Waals surface area contributed by atoms with Crippen LogP contribution in [0.15, 0.2) is 24.4 Å². The number of aromatic nitrogens is 3. The van der Waals surface area contributed by atoms with Crippen LogP contribution in [0.2, 0.25) is 0 Å². The molecule has 2 N–H and O–H groups in total. The molecule has 0 aliphatic rings. The molecule has 2 heterocycles. The number of hydrogen-bond acceptors (Lipinski definition) is 4. The van der Waals surface area contributed by atoms with Crippen LogP contribution in [-0.4, -0.2) is 26.0 Å². The number of imidazole rings is 1. The third-order valence-corrected chi connectivity index (χ3v) is 3.50. The van der Waals surface area contributed by atoms with Gasteiger partial charge in [-0.1, -0.05) is 0 Å². The van der Waals surface area contributed by atoms with Crippen molar-refractivity contribution in [2.75, 3.05) is 0 Å². The first-order valence-electron chi connectivity index (χ1n) is 5.29. The van der Waals surface area contributed by atoms with Crippen LogP contribution in [0.4, 0.5) is 0 Å². The minimum Gasteiger partial charge on any atom is -0.478 e. The number of fused-ring (bicyclic) bond motifs is 1. The summed E-state index contributed by atoms with van der Waals surface area (Å²) in [6, 6.07) is 4.84. The number of hydrogen-bond donors (Lipinski definition) is 2. The fraction of sp³-hybridized carbons (Fsp3) is 0.0833. The summed E-state index contributed by atoms with van der Waals surface area (Å²) in [5.41, 5.74) is 1.72. The third kappa shape index (κ3) is 1.76. The van der Waals surface area contributed by atoms with E-state index < -0.39 is 5.97 Å². The number of carboxylic acid groups (broad SMARTS) is 1. The second kappa shape index (κ2) is 3.92. The predicted molar refractivity (Wildman–Crippen MR) is 68.9 cm³/mol. The Labute approximate surface area is 106 Å². The standard InChI is InChI=1S/C12H9N3O2S/c1-6-13-5-10(18-6)11-14-8-3-2-7(12(16)17)4-9(8)15-11/h2-5H,1H3,(H,14,15)(H,16,17). The number of rotatable bonds is 2. The van der Waals surface area contributed by atoms with Gasteiger partial charge in [0.25, 0.3) is 0 Å². The van der Waals surface area contributed by atoms with Gasteiger partial charge in [0.1, 0.15) is 5.82 Å². The van der Waals surface area contributed by atoms with Gasteiger partial charge in [0, 0.05) is 6.20 Å². The summed E-state index contributed by atoms with van der Waals surface area (Å²) in [4.78, 5) is 23.5. The first kappa shape index (κ1) is 10.9. The highest BCUT2D eigenvalue weighted by atomic mass is 32.1. The van der Waals surface area contributed by atoms with Crippen molar-refractivity contribution < 1.29 is 9.90 Å². The Morgan fingerprint density at radius 1 is 1.44 bits per heavy atom. The Balaban J connectivity index is 2.13. The van der Waals surface area contributed by atoms with Crippen molar-refractivity contribution in [2.45, 2.75) is 6.92 Å². The molecule has 0 radical (unpaired) electrons. The summed E-state index contributed by atoms with van der Waals surface area (Å²) < 4.78 is 0. The molecule has 5 nitrogen and oxygen atoms in total. The topological polar surface area (TPSA) is 78.9 Å². The Morgan fingerprint density at radius 2 is 2.28 bits per heavy atom. The fourth-order valence-corrected chi connectivity index (χ4v) is 2.45. The molecule has 3 aromatic rings. The molecule has 0 aliphatic heterocycles. The van der Waals surface area contributed by atoms with Crippen LogP contribution in [0.3, 0.4) is 0 Å². The average molecular weight is 259 g/mol. The van der Waals surface area contributed by atoms with E-state index >= 15 is 0 Å². The summed E-state index contributed by atoms with van der Waals surface area (Å²) in [6.07, 6.45) is 1.76. The largest absolute Gasteiger partial charge is 0.478 e. The Morgan fingerprint density at radius 3 is 2.94 bits per heavy atom. The molecule has 0 atom stereocenters. The fourth-order valence-electron chi connectivity index (χ4n) is 1.73. The molecule has 0 aliphatic carbocycles. The van der Waals surface area contributed by atoms with Gasteiger partial charge < -0.3 is 10.1 Å². The van der Waals surface area contributed by atoms with Gasteiger partial charge in [-0.15, -0.1) is 11.3 Å². The zero-order valence-corrected chi connectivity index (χ0v) is 10.3. The summed E-state index contributed by atoms with van der Waals surface area (Å²) in [6.45, 7) is 1.93. The minimum absolute atomic E-state index is 0.248. The van der Waals surface area contributed by atoms with E-state index in [0.29, 0.717) is 0 Å². The van der Waals surface area contributed by atoms with Crippen molar-refractivity contribution in [3.05, 3.63) is 35.0 Å². The number of nitrogens with one attached hydrogen (secondary N) is 1. The highest BCUT2D eigenvalue weighted by Gasteiger charge is 2.10. The lowest BCUT2D eigenvalue weighted by molar-refractivity contribution is 0.0697. The SMILES string of the molecule is Cc1ncc(-c2nc3ccc(C(=O)O)cc3[nH]2)s1. The molecule has 0 fully saturated rings. The van der Waals surface area contributed by atoms with Crippen LogP contribution in [0.1, 0.15) is 15.4 Å². The summed E-state index contributed by atoms with van der Waals surface area (Å²) >= 11 is 1.55. The summed E-state index contributed by atoms with van der Waals surface area (Å²) in [5, 5.41) is 9.90. The van der Waals surface area contributed by atoms with Crippen molar-refractivity contribution in [1.82, 2.24) is 15.0 Å². The number of carbonyl (C=O) groups is 1. The quantitative estimate of drug-likeness (QED) is 0.741. The molecular formula is C12H9N3O2S. The molecule has 6 heteroatoms. The van der Waals surface area contributed by atoms with Crippen molar-refractivity contribution in [1.29, 1.82) is 0 Å². The minimum atomic E-state index is -0.943. The predicted octanol–water partition coefficient (Wildman–Crippen LogP) is 2.69. The van der Waals surface area contributed by atoms with Gasteiger partial charge in [0.15, 0.2) is 0 Å². The van der Waals surface area contributed by atoms with E-state index in [1.807, 2.05) is 6.92 Å². The highest BCUT2D eigenvalue weighted by Crippen LogP contribution is 2.25. The second-order valence-electron chi connectivity index (χ2n) is 3.87. The smallest absolute Gasteiger partial charge is 0.335 e. The normalized spacial score (nSPS) is 10.9. The zero-order valence-electron chi connectivity index (χ0n) is 9.47. The maximum atomic E-state index is 10.9. The van der Waals surface area contributed by atoms with Crippen LogP contribution in [0, 0.1) is 6.92 Å². The van der Waals surface area contributed by atoms with Gasteiger partial charge in [0.2, 0.25) is 0 Å². The van der Waals surface area contributed by atoms with Gasteiger partial charge >= 0.3 is 5.97 Å². The Hall–Kier alpha value is -2.21. The molecule has 90 valence electrons. The maximum absolute atomic E-state index is 10.9. The van der Waals surface area contributed by atoms with Gasteiger partial charge in [0.05, 0.1) is 26.5 Å². The molecule has 0 unspecified atom stereocenters. The summed E-state index contributed by atoms with van der Waals surface area (Å²) in [7, 11) is 0. The number of aromatic carboxylic acids is 1. The number of nitrogens with zero attached hydrogens (tertiary/aromatic N) is 2. The molecule has 2 aromatic heterocycles. The van der Waals surface area contributed by atoms with Crippen LogP contribution in [0.25, 0.3) is 21.7 Å². The number of carboxylic acids is 1. The first-order valence-corrected chi connectivity index (χ1v) is 6.11. The van der Waals surface area contributed by atoms with Crippen molar-refractivity contribution in [3.63, 3.8) is 0 Å². The van der Waals surface area contributed by atoms with E-state index in [9.17, 15) is 4.79 Å². The van der Waals surface area contributed by atoms with Crippen molar-refractivity contribution in [2.24, 2.45) is 0 Å². The monoisotopic (exact) mass is 259 g/mol. The van der Waals surface area contributed by atoms with Crippen LogP contribution in [-0.2, 0) is 0 Å². The number of aromatic amines is 1.